The third kappa shape index (κ3) is 4.42. The van der Waals surface area contributed by atoms with Gasteiger partial charge < -0.3 is 15.2 Å². The van der Waals surface area contributed by atoms with Crippen molar-refractivity contribution in [1.29, 1.82) is 0 Å². The Kier molecular flexibility index (Phi) is 6.33. The van der Waals surface area contributed by atoms with E-state index in [1.807, 2.05) is 12.1 Å². The fourth-order valence-electron chi connectivity index (χ4n) is 3.94. The summed E-state index contributed by atoms with van der Waals surface area (Å²) in [7, 11) is 0. The first-order chi connectivity index (χ1) is 13.6. The topological polar surface area (TPSA) is 61.8 Å². The number of halogens is 1. The monoisotopic (exact) mass is 420 g/mol. The SMILES string of the molecule is O=C(CN1CCCCC1)Nc1sc2c(c1C(O)c1ccc(Cl)cc1)CCOC2. The molecule has 1 saturated heterocycles. The summed E-state index contributed by atoms with van der Waals surface area (Å²) in [4.78, 5) is 16.0. The summed E-state index contributed by atoms with van der Waals surface area (Å²) < 4.78 is 5.58. The highest BCUT2D eigenvalue weighted by Gasteiger charge is 2.28. The molecule has 1 atom stereocenters. The number of amides is 1. The number of fused-ring (bicyclic) bond motifs is 1. The number of anilines is 1. The number of benzene rings is 1. The number of carbonyl (C=O) groups is 1. The van der Waals surface area contributed by atoms with Gasteiger partial charge in [-0.05, 0) is 55.6 Å². The zero-order valence-electron chi connectivity index (χ0n) is 15.7. The maximum Gasteiger partial charge on any atom is 0.239 e. The second kappa shape index (κ2) is 8.93. The van der Waals surface area contributed by atoms with Crippen molar-refractivity contribution in [2.24, 2.45) is 0 Å². The van der Waals surface area contributed by atoms with E-state index in [1.165, 1.54) is 17.8 Å². The van der Waals surface area contributed by atoms with Gasteiger partial charge in [0.05, 0.1) is 19.8 Å². The molecule has 1 unspecified atom stereocenters. The Hall–Kier alpha value is -1.44. The molecule has 1 aromatic heterocycles. The molecule has 4 rings (SSSR count). The van der Waals surface area contributed by atoms with E-state index in [9.17, 15) is 9.90 Å². The summed E-state index contributed by atoms with van der Waals surface area (Å²) in [6.45, 7) is 3.51. The average molecular weight is 421 g/mol. The van der Waals surface area contributed by atoms with E-state index >= 15 is 0 Å². The van der Waals surface area contributed by atoms with Crippen LogP contribution in [0.3, 0.4) is 0 Å². The molecule has 3 heterocycles. The number of thiophene rings is 1. The maximum atomic E-state index is 12.7. The number of carbonyl (C=O) groups excluding carboxylic acids is 1. The maximum absolute atomic E-state index is 12.7. The number of nitrogens with zero attached hydrogens (tertiary/aromatic N) is 1. The molecule has 0 bridgehead atoms. The Labute approximate surface area is 174 Å². The van der Waals surface area contributed by atoms with E-state index < -0.39 is 6.10 Å². The van der Waals surface area contributed by atoms with Crippen molar-refractivity contribution < 1.29 is 14.6 Å². The van der Waals surface area contributed by atoms with Gasteiger partial charge in [-0.1, -0.05) is 30.2 Å². The molecule has 1 aromatic carbocycles. The third-order valence-electron chi connectivity index (χ3n) is 5.39. The van der Waals surface area contributed by atoms with Crippen LogP contribution >= 0.6 is 22.9 Å². The van der Waals surface area contributed by atoms with E-state index in [0.29, 0.717) is 24.8 Å². The molecule has 28 heavy (non-hydrogen) atoms. The van der Waals surface area contributed by atoms with Crippen molar-refractivity contribution >= 4 is 33.8 Å². The van der Waals surface area contributed by atoms with Crippen LogP contribution in [0.2, 0.25) is 5.02 Å². The van der Waals surface area contributed by atoms with Gasteiger partial charge in [-0.3, -0.25) is 9.69 Å². The van der Waals surface area contributed by atoms with Crippen LogP contribution < -0.4 is 5.32 Å². The van der Waals surface area contributed by atoms with Crippen LogP contribution in [0, 0.1) is 0 Å². The normalized spacial score (nSPS) is 18.5. The molecule has 2 aromatic rings. The number of aliphatic hydroxyl groups is 1. The minimum absolute atomic E-state index is 0.0222. The van der Waals surface area contributed by atoms with Gasteiger partial charge in [0, 0.05) is 15.5 Å². The lowest BCUT2D eigenvalue weighted by molar-refractivity contribution is -0.117. The molecule has 1 fully saturated rings. The predicted molar refractivity (Wildman–Crippen MR) is 112 cm³/mol. The standard InChI is InChI=1S/C21H25ClN2O3S/c22-15-6-4-14(5-7-15)20(26)19-16-8-11-27-13-17(16)28-21(19)23-18(25)12-24-9-2-1-3-10-24/h4-7,20,26H,1-3,8-13H2,(H,23,25). The van der Waals surface area contributed by atoms with Crippen molar-refractivity contribution in [2.45, 2.75) is 38.4 Å². The molecule has 0 aliphatic carbocycles. The smallest absolute Gasteiger partial charge is 0.239 e. The second-order valence-corrected chi connectivity index (χ2v) is 8.93. The van der Waals surface area contributed by atoms with E-state index in [0.717, 1.165) is 58.9 Å². The molecule has 5 nitrogen and oxygen atoms in total. The number of aliphatic hydroxyl groups excluding tert-OH is 1. The van der Waals surface area contributed by atoms with Crippen LogP contribution in [0.25, 0.3) is 0 Å². The molecule has 0 spiro atoms. The van der Waals surface area contributed by atoms with Crippen LogP contribution in [0.15, 0.2) is 24.3 Å². The highest BCUT2D eigenvalue weighted by Crippen LogP contribution is 2.42. The van der Waals surface area contributed by atoms with Crippen molar-refractivity contribution in [3.63, 3.8) is 0 Å². The fraction of sp³-hybridized carbons (Fsp3) is 0.476. The first-order valence-corrected chi connectivity index (χ1v) is 11.0. The second-order valence-electron chi connectivity index (χ2n) is 7.39. The Balaban J connectivity index is 1.58. The fourth-order valence-corrected chi connectivity index (χ4v) is 5.30. The van der Waals surface area contributed by atoms with Crippen molar-refractivity contribution in [2.75, 3.05) is 31.6 Å². The minimum Gasteiger partial charge on any atom is -0.384 e. The zero-order chi connectivity index (χ0) is 19.5. The summed E-state index contributed by atoms with van der Waals surface area (Å²) >= 11 is 7.51. The molecule has 2 aliphatic rings. The van der Waals surface area contributed by atoms with Crippen LogP contribution in [-0.2, 0) is 22.6 Å². The van der Waals surface area contributed by atoms with Crippen molar-refractivity contribution in [3.8, 4) is 0 Å². The number of likely N-dealkylation sites (tertiary alicyclic amines) is 1. The third-order valence-corrected chi connectivity index (χ3v) is 6.78. The number of ether oxygens (including phenoxy) is 1. The molecular formula is C21H25ClN2O3S. The van der Waals surface area contributed by atoms with Crippen molar-refractivity contribution in [3.05, 3.63) is 50.9 Å². The highest BCUT2D eigenvalue weighted by molar-refractivity contribution is 7.16. The molecular weight excluding hydrogens is 396 g/mol. The van der Waals surface area contributed by atoms with Crippen LogP contribution in [0.1, 0.15) is 46.9 Å². The van der Waals surface area contributed by atoms with Gasteiger partial charge in [0.15, 0.2) is 0 Å². The van der Waals surface area contributed by atoms with Gasteiger partial charge in [0.25, 0.3) is 0 Å². The summed E-state index contributed by atoms with van der Waals surface area (Å²) in [6, 6.07) is 7.21. The molecule has 2 aliphatic heterocycles. The molecule has 7 heteroatoms. The number of rotatable bonds is 5. The Bertz CT molecular complexity index is 831. The lowest BCUT2D eigenvalue weighted by Gasteiger charge is -2.25. The van der Waals surface area contributed by atoms with Gasteiger partial charge in [-0.25, -0.2) is 0 Å². The van der Waals surface area contributed by atoms with Gasteiger partial charge in [-0.2, -0.15) is 0 Å². The van der Waals surface area contributed by atoms with E-state index in [1.54, 1.807) is 12.1 Å². The molecule has 0 saturated carbocycles. The quantitative estimate of drug-likeness (QED) is 0.768. The Morgan fingerprint density at radius 3 is 2.75 bits per heavy atom. The highest BCUT2D eigenvalue weighted by atomic mass is 35.5. The first kappa shape index (κ1) is 19.9. The van der Waals surface area contributed by atoms with Gasteiger partial charge >= 0.3 is 0 Å². The van der Waals surface area contributed by atoms with E-state index in [2.05, 4.69) is 10.2 Å². The molecule has 2 N–H and O–H groups in total. The summed E-state index contributed by atoms with van der Waals surface area (Å²) in [5.74, 6) is -0.0222. The van der Waals surface area contributed by atoms with Gasteiger partial charge in [0.1, 0.15) is 11.1 Å². The first-order valence-electron chi connectivity index (χ1n) is 9.79. The zero-order valence-corrected chi connectivity index (χ0v) is 17.3. The largest absolute Gasteiger partial charge is 0.384 e. The predicted octanol–water partition coefficient (Wildman–Crippen LogP) is 3.98. The number of hydrogen-bond donors (Lipinski definition) is 2. The average Bonchev–Trinajstić information content (AvgIpc) is 3.06. The minimum atomic E-state index is -0.805. The van der Waals surface area contributed by atoms with Crippen molar-refractivity contribution in [1.82, 2.24) is 4.90 Å². The molecule has 1 amide bonds. The van der Waals surface area contributed by atoms with Gasteiger partial charge in [0.2, 0.25) is 5.91 Å². The summed E-state index contributed by atoms with van der Waals surface area (Å²) in [5, 5.41) is 15.5. The Morgan fingerprint density at radius 2 is 2.00 bits per heavy atom. The van der Waals surface area contributed by atoms with Crippen LogP contribution in [0.4, 0.5) is 5.00 Å². The number of nitrogens with one attached hydrogen (secondary N) is 1. The number of hydrogen-bond acceptors (Lipinski definition) is 5. The van der Waals surface area contributed by atoms with Gasteiger partial charge in [-0.15, -0.1) is 11.3 Å². The molecule has 150 valence electrons. The lowest BCUT2D eigenvalue weighted by Crippen LogP contribution is -2.36. The summed E-state index contributed by atoms with van der Waals surface area (Å²) in [6.07, 6.45) is 3.48. The van der Waals surface area contributed by atoms with Crippen LogP contribution in [0.5, 0.6) is 0 Å². The number of piperidine rings is 1. The van der Waals surface area contributed by atoms with Crippen LogP contribution in [-0.4, -0.2) is 42.2 Å². The Morgan fingerprint density at radius 1 is 1.25 bits per heavy atom. The summed E-state index contributed by atoms with van der Waals surface area (Å²) in [5.41, 5.74) is 2.67. The lowest BCUT2D eigenvalue weighted by atomic mass is 9.96. The molecule has 0 radical (unpaired) electrons. The van der Waals surface area contributed by atoms with E-state index in [4.69, 9.17) is 16.3 Å². The van der Waals surface area contributed by atoms with E-state index in [-0.39, 0.29) is 5.91 Å².